The molecule has 8 nitrogen and oxygen atoms in total. The molecule has 0 aromatic heterocycles. The fourth-order valence-electron chi connectivity index (χ4n) is 2.94. The molecule has 144 valence electrons. The Morgan fingerprint density at radius 3 is 2.43 bits per heavy atom. The summed E-state index contributed by atoms with van der Waals surface area (Å²) in [7, 11) is 1.56. The molecule has 0 bridgehead atoms. The number of allylic oxidation sites excluding steroid dienone is 1. The van der Waals surface area contributed by atoms with Crippen molar-refractivity contribution in [2.24, 2.45) is 0 Å². The Balaban J connectivity index is 1.90. The first kappa shape index (κ1) is 19.1. The minimum Gasteiger partial charge on any atom is -0.457 e. The molecule has 0 radical (unpaired) electrons. The maximum atomic E-state index is 12.8. The largest absolute Gasteiger partial charge is 0.457 e. The third kappa shape index (κ3) is 3.85. The minimum absolute atomic E-state index is 0.0723. The van der Waals surface area contributed by atoms with Crippen LogP contribution in [0, 0.1) is 10.1 Å². The highest BCUT2D eigenvalue weighted by Gasteiger charge is 2.35. The normalized spacial score (nSPS) is 16.6. The van der Waals surface area contributed by atoms with Gasteiger partial charge in [-0.2, -0.15) is 0 Å². The zero-order chi connectivity index (χ0) is 20.3. The summed E-state index contributed by atoms with van der Waals surface area (Å²) < 4.78 is 5.45. The maximum absolute atomic E-state index is 12.8. The number of nitrogens with one attached hydrogen (secondary N) is 1. The SMILES string of the molecule is CC1=C(C(=O)OCc2ccccc2)[C@H](c2ccc([N+](=O)[O-])cc2)NC(=O)N1C. The zero-order valence-electron chi connectivity index (χ0n) is 15.4. The minimum atomic E-state index is -0.757. The molecule has 2 aromatic rings. The number of carbonyl (C=O) groups is 2. The summed E-state index contributed by atoms with van der Waals surface area (Å²) in [5.74, 6) is -0.559. The van der Waals surface area contributed by atoms with Crippen molar-refractivity contribution in [2.45, 2.75) is 19.6 Å². The second-order valence-electron chi connectivity index (χ2n) is 6.35. The lowest BCUT2D eigenvalue weighted by Gasteiger charge is -2.33. The standard InChI is InChI=1S/C20H19N3O5/c1-13-17(19(24)28-12-14-6-4-3-5-7-14)18(21-20(25)22(13)2)15-8-10-16(11-9-15)23(26)27/h3-11,18H,12H2,1-2H3,(H,21,25)/t18-/m0/s1. The summed E-state index contributed by atoms with van der Waals surface area (Å²) in [4.78, 5) is 36.8. The molecule has 8 heteroatoms. The second kappa shape index (κ2) is 7.91. The van der Waals surface area contributed by atoms with Gasteiger partial charge in [-0.25, -0.2) is 9.59 Å². The number of non-ortho nitro benzene ring substituents is 1. The number of rotatable bonds is 5. The van der Waals surface area contributed by atoms with E-state index in [9.17, 15) is 19.7 Å². The molecule has 3 rings (SSSR count). The highest BCUT2D eigenvalue weighted by Crippen LogP contribution is 2.31. The van der Waals surface area contributed by atoms with Gasteiger partial charge in [0.25, 0.3) is 5.69 Å². The van der Waals surface area contributed by atoms with Crippen molar-refractivity contribution >= 4 is 17.7 Å². The molecular weight excluding hydrogens is 362 g/mol. The van der Waals surface area contributed by atoms with Crippen molar-refractivity contribution in [3.8, 4) is 0 Å². The van der Waals surface area contributed by atoms with Gasteiger partial charge in [0.1, 0.15) is 6.61 Å². The molecule has 0 fully saturated rings. The Kier molecular flexibility index (Phi) is 5.39. The average Bonchev–Trinajstić information content (AvgIpc) is 2.71. The molecule has 2 amide bonds. The van der Waals surface area contributed by atoms with Crippen molar-refractivity contribution in [3.05, 3.63) is 87.1 Å². The summed E-state index contributed by atoms with van der Waals surface area (Å²) in [6.45, 7) is 1.76. The first-order valence-electron chi connectivity index (χ1n) is 8.59. The molecule has 1 aliphatic rings. The molecule has 1 aliphatic heterocycles. The van der Waals surface area contributed by atoms with Crippen LogP contribution in [0.15, 0.2) is 65.9 Å². The lowest BCUT2D eigenvalue weighted by atomic mass is 9.95. The number of esters is 1. The number of ether oxygens (including phenoxy) is 1. The molecule has 0 spiro atoms. The maximum Gasteiger partial charge on any atom is 0.338 e. The van der Waals surface area contributed by atoms with Gasteiger partial charge < -0.3 is 15.0 Å². The number of nitro benzene ring substituents is 1. The van der Waals surface area contributed by atoms with Gasteiger partial charge >= 0.3 is 12.0 Å². The number of nitrogens with zero attached hydrogens (tertiary/aromatic N) is 2. The predicted molar refractivity (Wildman–Crippen MR) is 101 cm³/mol. The summed E-state index contributed by atoms with van der Waals surface area (Å²) in [5.41, 5.74) is 2.07. The van der Waals surface area contributed by atoms with E-state index in [0.717, 1.165) is 5.56 Å². The van der Waals surface area contributed by atoms with E-state index in [1.54, 1.807) is 14.0 Å². The molecule has 1 heterocycles. The summed E-state index contributed by atoms with van der Waals surface area (Å²) in [5, 5.41) is 13.6. The van der Waals surface area contributed by atoms with Crippen LogP contribution in [0.4, 0.5) is 10.5 Å². The van der Waals surface area contributed by atoms with E-state index >= 15 is 0 Å². The predicted octanol–water partition coefficient (Wildman–Crippen LogP) is 3.31. The quantitative estimate of drug-likeness (QED) is 0.486. The van der Waals surface area contributed by atoms with Gasteiger partial charge in [-0.1, -0.05) is 30.3 Å². The summed E-state index contributed by atoms with van der Waals surface area (Å²) in [6, 6.07) is 13.8. The zero-order valence-corrected chi connectivity index (χ0v) is 15.4. The van der Waals surface area contributed by atoms with Gasteiger partial charge in [0, 0.05) is 24.9 Å². The molecule has 28 heavy (non-hydrogen) atoms. The molecular formula is C20H19N3O5. The third-order valence-electron chi connectivity index (χ3n) is 4.62. The van der Waals surface area contributed by atoms with E-state index in [-0.39, 0.29) is 23.9 Å². The Morgan fingerprint density at radius 2 is 1.82 bits per heavy atom. The second-order valence-corrected chi connectivity index (χ2v) is 6.35. The number of amides is 2. The highest BCUT2D eigenvalue weighted by atomic mass is 16.6. The van der Waals surface area contributed by atoms with Crippen molar-refractivity contribution in [2.75, 3.05) is 7.05 Å². The topological polar surface area (TPSA) is 102 Å². The van der Waals surface area contributed by atoms with E-state index in [2.05, 4.69) is 5.32 Å². The number of nitro groups is 1. The lowest BCUT2D eigenvalue weighted by Crippen LogP contribution is -2.46. The van der Waals surface area contributed by atoms with Gasteiger partial charge in [0.05, 0.1) is 16.5 Å². The van der Waals surface area contributed by atoms with Crippen LogP contribution in [-0.2, 0) is 16.1 Å². The Hall–Kier alpha value is -3.68. The molecule has 0 unspecified atom stereocenters. The number of urea groups is 1. The third-order valence-corrected chi connectivity index (χ3v) is 4.62. The smallest absolute Gasteiger partial charge is 0.338 e. The van der Waals surface area contributed by atoms with Crippen LogP contribution in [-0.4, -0.2) is 28.9 Å². The van der Waals surface area contributed by atoms with E-state index in [4.69, 9.17) is 4.74 Å². The van der Waals surface area contributed by atoms with Crippen molar-refractivity contribution in [3.63, 3.8) is 0 Å². The van der Waals surface area contributed by atoms with Gasteiger partial charge in [0.15, 0.2) is 0 Å². The van der Waals surface area contributed by atoms with Crippen LogP contribution in [0.5, 0.6) is 0 Å². The van der Waals surface area contributed by atoms with Crippen molar-refractivity contribution < 1.29 is 19.2 Å². The molecule has 1 N–H and O–H groups in total. The van der Waals surface area contributed by atoms with E-state index < -0.39 is 16.9 Å². The van der Waals surface area contributed by atoms with Gasteiger partial charge in [-0.05, 0) is 30.2 Å². The number of carbonyl (C=O) groups excluding carboxylic acids is 2. The van der Waals surface area contributed by atoms with E-state index in [0.29, 0.717) is 11.3 Å². The average molecular weight is 381 g/mol. The molecule has 0 saturated heterocycles. The van der Waals surface area contributed by atoms with Crippen LogP contribution >= 0.6 is 0 Å². The van der Waals surface area contributed by atoms with Gasteiger partial charge in [0.2, 0.25) is 0 Å². The fourth-order valence-corrected chi connectivity index (χ4v) is 2.94. The van der Waals surface area contributed by atoms with Gasteiger partial charge in [-0.3, -0.25) is 10.1 Å². The van der Waals surface area contributed by atoms with Gasteiger partial charge in [-0.15, -0.1) is 0 Å². The molecule has 0 saturated carbocycles. The summed E-state index contributed by atoms with van der Waals surface area (Å²) >= 11 is 0. The molecule has 2 aromatic carbocycles. The van der Waals surface area contributed by atoms with Crippen LogP contribution < -0.4 is 5.32 Å². The Bertz CT molecular complexity index is 938. The molecule has 1 atom stereocenters. The van der Waals surface area contributed by atoms with Crippen LogP contribution in [0.25, 0.3) is 0 Å². The van der Waals surface area contributed by atoms with E-state index in [1.807, 2.05) is 30.3 Å². The van der Waals surface area contributed by atoms with Crippen molar-refractivity contribution in [1.82, 2.24) is 10.2 Å². The highest BCUT2D eigenvalue weighted by molar-refractivity contribution is 5.95. The first-order chi connectivity index (χ1) is 13.4. The van der Waals surface area contributed by atoms with Crippen LogP contribution in [0.3, 0.4) is 0 Å². The number of benzene rings is 2. The number of hydrogen-bond acceptors (Lipinski definition) is 5. The van der Waals surface area contributed by atoms with E-state index in [1.165, 1.54) is 29.2 Å². The first-order valence-corrected chi connectivity index (χ1v) is 8.59. The lowest BCUT2D eigenvalue weighted by molar-refractivity contribution is -0.384. The summed E-state index contributed by atoms with van der Waals surface area (Å²) in [6.07, 6.45) is 0. The van der Waals surface area contributed by atoms with Crippen LogP contribution in [0.2, 0.25) is 0 Å². The van der Waals surface area contributed by atoms with Crippen molar-refractivity contribution in [1.29, 1.82) is 0 Å². The monoisotopic (exact) mass is 381 g/mol. The molecule has 0 aliphatic carbocycles. The fraction of sp³-hybridized carbons (Fsp3) is 0.200. The van der Waals surface area contributed by atoms with Crippen LogP contribution in [0.1, 0.15) is 24.1 Å². The Labute approximate surface area is 161 Å². The number of hydrogen-bond donors (Lipinski definition) is 1. The Morgan fingerprint density at radius 1 is 1.18 bits per heavy atom.